The zero-order chi connectivity index (χ0) is 14.7. The fourth-order valence-electron chi connectivity index (χ4n) is 2.83. The van der Waals surface area contributed by atoms with Crippen molar-refractivity contribution >= 4 is 11.6 Å². The first-order valence-electron chi connectivity index (χ1n) is 7.56. The Hall–Kier alpha value is -2.10. The van der Waals surface area contributed by atoms with Crippen LogP contribution in [-0.2, 0) is 0 Å². The maximum atomic E-state index is 4.39. The highest BCUT2D eigenvalue weighted by atomic mass is 15.2. The third kappa shape index (κ3) is 3.51. The number of rotatable bonds is 4. The highest BCUT2D eigenvalue weighted by Gasteiger charge is 2.22. The zero-order valence-electron chi connectivity index (χ0n) is 12.7. The topological polar surface area (TPSA) is 41.0 Å². The maximum absolute atomic E-state index is 4.39. The van der Waals surface area contributed by atoms with Crippen LogP contribution in [0.3, 0.4) is 0 Å². The van der Waals surface area contributed by atoms with Gasteiger partial charge in [-0.1, -0.05) is 12.1 Å². The van der Waals surface area contributed by atoms with Gasteiger partial charge in [0.05, 0.1) is 0 Å². The Morgan fingerprint density at radius 3 is 3.00 bits per heavy atom. The third-order valence-corrected chi connectivity index (χ3v) is 4.00. The van der Waals surface area contributed by atoms with E-state index in [9.17, 15) is 0 Å². The number of anilines is 2. The summed E-state index contributed by atoms with van der Waals surface area (Å²) in [7, 11) is 0. The smallest absolute Gasteiger partial charge is 0.222 e. The number of hydrogen-bond donors (Lipinski definition) is 1. The summed E-state index contributed by atoms with van der Waals surface area (Å²) >= 11 is 0. The Bertz CT molecular complexity index is 611. The molecule has 1 atom stereocenters. The first-order valence-corrected chi connectivity index (χ1v) is 7.56. The van der Waals surface area contributed by atoms with Gasteiger partial charge in [0.15, 0.2) is 0 Å². The van der Waals surface area contributed by atoms with Crippen LogP contribution in [0.25, 0.3) is 0 Å². The number of nitrogens with one attached hydrogen (secondary N) is 1. The first-order chi connectivity index (χ1) is 10.2. The molecule has 1 N–H and O–H groups in total. The van der Waals surface area contributed by atoms with E-state index in [1.54, 1.807) is 6.20 Å². The lowest BCUT2D eigenvalue weighted by atomic mass is 10.1. The summed E-state index contributed by atoms with van der Waals surface area (Å²) in [4.78, 5) is 11.1. The molecule has 0 amide bonds. The fourth-order valence-corrected chi connectivity index (χ4v) is 2.83. The molecule has 21 heavy (non-hydrogen) atoms. The molecule has 1 saturated heterocycles. The van der Waals surface area contributed by atoms with Crippen LogP contribution in [0.5, 0.6) is 0 Å². The second kappa shape index (κ2) is 6.12. The van der Waals surface area contributed by atoms with Gasteiger partial charge in [0.2, 0.25) is 5.95 Å². The average molecular weight is 282 g/mol. The predicted molar refractivity (Wildman–Crippen MR) is 86.8 cm³/mol. The van der Waals surface area contributed by atoms with Crippen molar-refractivity contribution in [2.75, 3.05) is 29.9 Å². The second-order valence-corrected chi connectivity index (χ2v) is 5.84. The largest absolute Gasteiger partial charge is 0.371 e. The van der Waals surface area contributed by atoms with Crippen LogP contribution in [0.1, 0.15) is 17.7 Å². The Morgan fingerprint density at radius 1 is 1.29 bits per heavy atom. The predicted octanol–water partition coefficient (Wildman–Crippen LogP) is 3.03. The molecular weight excluding hydrogens is 260 g/mol. The van der Waals surface area contributed by atoms with Crippen molar-refractivity contribution in [3.8, 4) is 0 Å². The molecule has 0 bridgehead atoms. The van der Waals surface area contributed by atoms with Crippen molar-refractivity contribution in [3.05, 3.63) is 47.8 Å². The summed E-state index contributed by atoms with van der Waals surface area (Å²) in [5, 5.41) is 3.36. The molecule has 0 spiro atoms. The Morgan fingerprint density at radius 2 is 2.19 bits per heavy atom. The summed E-state index contributed by atoms with van der Waals surface area (Å²) in [6.45, 7) is 7.30. The Labute approximate surface area is 126 Å². The summed E-state index contributed by atoms with van der Waals surface area (Å²) < 4.78 is 0. The zero-order valence-corrected chi connectivity index (χ0v) is 12.7. The van der Waals surface area contributed by atoms with Crippen LogP contribution in [0.4, 0.5) is 11.6 Å². The van der Waals surface area contributed by atoms with E-state index in [0.29, 0.717) is 5.92 Å². The van der Waals surface area contributed by atoms with Gasteiger partial charge < -0.3 is 10.2 Å². The monoisotopic (exact) mass is 282 g/mol. The van der Waals surface area contributed by atoms with E-state index >= 15 is 0 Å². The van der Waals surface area contributed by atoms with Gasteiger partial charge in [0.1, 0.15) is 0 Å². The van der Waals surface area contributed by atoms with Crippen LogP contribution >= 0.6 is 0 Å². The number of aromatic nitrogens is 2. The van der Waals surface area contributed by atoms with Gasteiger partial charge in [0.25, 0.3) is 0 Å². The molecule has 0 aliphatic carbocycles. The molecule has 2 heterocycles. The SMILES string of the molecule is Cc1cccc(N2CC[C@H](CNc3nccc(C)n3)C2)c1. The van der Waals surface area contributed by atoms with E-state index in [0.717, 1.165) is 31.3 Å². The minimum atomic E-state index is 0.648. The summed E-state index contributed by atoms with van der Waals surface area (Å²) in [5.74, 6) is 1.39. The standard InChI is InChI=1S/C17H22N4/c1-13-4-3-5-16(10-13)21-9-7-15(12-21)11-19-17-18-8-6-14(2)20-17/h3-6,8,10,15H,7,9,11-12H2,1-2H3,(H,18,19,20)/t15-/m1/s1. The van der Waals surface area contributed by atoms with E-state index in [-0.39, 0.29) is 0 Å². The van der Waals surface area contributed by atoms with Crippen molar-refractivity contribution in [1.82, 2.24) is 9.97 Å². The molecule has 1 aliphatic rings. The quantitative estimate of drug-likeness (QED) is 0.936. The highest BCUT2D eigenvalue weighted by Crippen LogP contribution is 2.24. The second-order valence-electron chi connectivity index (χ2n) is 5.84. The van der Waals surface area contributed by atoms with Gasteiger partial charge in [0, 0.05) is 37.2 Å². The van der Waals surface area contributed by atoms with Crippen LogP contribution in [0, 0.1) is 19.8 Å². The summed E-state index contributed by atoms with van der Waals surface area (Å²) in [5.41, 5.74) is 3.66. The van der Waals surface area contributed by atoms with Crippen molar-refractivity contribution in [2.45, 2.75) is 20.3 Å². The number of hydrogen-bond acceptors (Lipinski definition) is 4. The molecular formula is C17H22N4. The summed E-state index contributed by atoms with van der Waals surface area (Å²) in [6.07, 6.45) is 3.02. The Balaban J connectivity index is 1.55. The molecule has 0 unspecified atom stereocenters. The van der Waals surface area contributed by atoms with Gasteiger partial charge in [-0.25, -0.2) is 9.97 Å². The maximum Gasteiger partial charge on any atom is 0.222 e. The lowest BCUT2D eigenvalue weighted by molar-refractivity contribution is 0.619. The molecule has 1 aromatic heterocycles. The molecule has 1 aromatic carbocycles. The third-order valence-electron chi connectivity index (χ3n) is 4.00. The van der Waals surface area contributed by atoms with E-state index in [1.165, 1.54) is 17.7 Å². The molecule has 0 saturated carbocycles. The van der Waals surface area contributed by atoms with Gasteiger partial charge in [-0.2, -0.15) is 0 Å². The molecule has 1 fully saturated rings. The molecule has 4 nitrogen and oxygen atoms in total. The van der Waals surface area contributed by atoms with Gasteiger partial charge in [-0.05, 0) is 49.9 Å². The minimum Gasteiger partial charge on any atom is -0.371 e. The van der Waals surface area contributed by atoms with Crippen LogP contribution in [0.2, 0.25) is 0 Å². The molecule has 0 radical (unpaired) electrons. The van der Waals surface area contributed by atoms with E-state index in [1.807, 2.05) is 13.0 Å². The molecule has 3 rings (SSSR count). The molecule has 1 aliphatic heterocycles. The molecule has 110 valence electrons. The Kier molecular flexibility index (Phi) is 4.04. The minimum absolute atomic E-state index is 0.648. The van der Waals surface area contributed by atoms with Crippen molar-refractivity contribution < 1.29 is 0 Å². The average Bonchev–Trinajstić information content (AvgIpc) is 2.94. The number of benzene rings is 1. The van der Waals surface area contributed by atoms with E-state index in [4.69, 9.17) is 0 Å². The number of aryl methyl sites for hydroxylation is 2. The van der Waals surface area contributed by atoms with Gasteiger partial charge in [-0.3, -0.25) is 0 Å². The first kappa shape index (κ1) is 13.9. The van der Waals surface area contributed by atoms with Crippen LogP contribution in [-0.4, -0.2) is 29.6 Å². The normalized spacial score (nSPS) is 18.0. The van der Waals surface area contributed by atoms with Crippen LogP contribution in [0.15, 0.2) is 36.5 Å². The van der Waals surface area contributed by atoms with Gasteiger partial charge in [-0.15, -0.1) is 0 Å². The van der Waals surface area contributed by atoms with Crippen molar-refractivity contribution in [2.24, 2.45) is 5.92 Å². The molecule has 4 heteroatoms. The highest BCUT2D eigenvalue weighted by molar-refractivity contribution is 5.49. The van der Waals surface area contributed by atoms with E-state index < -0.39 is 0 Å². The number of nitrogens with zero attached hydrogens (tertiary/aromatic N) is 3. The molecule has 2 aromatic rings. The summed E-state index contributed by atoms with van der Waals surface area (Å²) in [6, 6.07) is 10.7. The fraction of sp³-hybridized carbons (Fsp3) is 0.412. The van der Waals surface area contributed by atoms with Crippen molar-refractivity contribution in [3.63, 3.8) is 0 Å². The van der Waals surface area contributed by atoms with Gasteiger partial charge >= 0.3 is 0 Å². The lowest BCUT2D eigenvalue weighted by Crippen LogP contribution is -2.22. The van der Waals surface area contributed by atoms with Crippen molar-refractivity contribution in [1.29, 1.82) is 0 Å². The van der Waals surface area contributed by atoms with E-state index in [2.05, 4.69) is 51.4 Å². The van der Waals surface area contributed by atoms with Crippen LogP contribution < -0.4 is 10.2 Å². The lowest BCUT2D eigenvalue weighted by Gasteiger charge is -2.19.